The number of halogens is 2. The quantitative estimate of drug-likeness (QED) is 0.138. The van der Waals surface area contributed by atoms with E-state index in [1.165, 1.54) is 24.3 Å². The van der Waals surface area contributed by atoms with Crippen molar-refractivity contribution in [1.82, 2.24) is 15.2 Å². The lowest BCUT2D eigenvalue weighted by Crippen LogP contribution is -2.44. The highest BCUT2D eigenvalue weighted by atomic mass is 79.9. The first kappa shape index (κ1) is 26.9. The van der Waals surface area contributed by atoms with Gasteiger partial charge in [0, 0.05) is 46.8 Å². The summed E-state index contributed by atoms with van der Waals surface area (Å²) in [6.45, 7) is 0.406. The van der Waals surface area contributed by atoms with Gasteiger partial charge in [-0.2, -0.15) is 0 Å². The van der Waals surface area contributed by atoms with Crippen LogP contribution < -0.4 is 16.4 Å². The van der Waals surface area contributed by atoms with E-state index in [0.717, 1.165) is 16.5 Å². The Hall–Kier alpha value is -4.18. The maximum Gasteiger partial charge on any atom is 0.251 e. The minimum atomic E-state index is -0.981. The average Bonchev–Trinajstić information content (AvgIpc) is 3.31. The van der Waals surface area contributed by atoms with Crippen LogP contribution in [-0.4, -0.2) is 40.7 Å². The van der Waals surface area contributed by atoms with Crippen molar-refractivity contribution in [2.75, 3.05) is 18.4 Å². The van der Waals surface area contributed by atoms with Gasteiger partial charge in [0.1, 0.15) is 11.9 Å². The third-order valence-electron chi connectivity index (χ3n) is 6.14. The number of para-hydroxylation sites is 1. The number of carbonyl (C=O) groups is 2. The molecule has 1 unspecified atom stereocenters. The van der Waals surface area contributed by atoms with Crippen LogP contribution in [0.2, 0.25) is 0 Å². The molecule has 4 aromatic rings. The van der Waals surface area contributed by atoms with E-state index >= 15 is 0 Å². The molecule has 0 aliphatic heterocycles. The molecule has 0 aliphatic carbocycles. The molecule has 1 heterocycles. The molecule has 196 valence electrons. The Balaban J connectivity index is 1.68. The van der Waals surface area contributed by atoms with E-state index in [0.29, 0.717) is 22.1 Å². The Morgan fingerprint density at radius 3 is 2.50 bits per heavy atom. The molecule has 38 heavy (non-hydrogen) atoms. The first-order valence-corrected chi connectivity index (χ1v) is 12.9. The van der Waals surface area contributed by atoms with Gasteiger partial charge < -0.3 is 26.3 Å². The van der Waals surface area contributed by atoms with Crippen LogP contribution in [0.5, 0.6) is 0 Å². The monoisotopic (exact) mass is 578 g/mol. The van der Waals surface area contributed by atoms with Crippen molar-refractivity contribution in [2.24, 2.45) is 5.73 Å². The first-order valence-electron chi connectivity index (χ1n) is 12.1. The lowest BCUT2D eigenvalue weighted by molar-refractivity contribution is -0.138. The van der Waals surface area contributed by atoms with Crippen molar-refractivity contribution in [2.45, 2.75) is 18.9 Å². The number of anilines is 1. The van der Waals surface area contributed by atoms with E-state index < -0.39 is 17.8 Å². The number of carbonyl (C=O) groups excluding carboxylic acids is 2. The number of hydrogen-bond donors (Lipinski definition) is 5. The topological polar surface area (TPSA) is 127 Å². The highest BCUT2D eigenvalue weighted by molar-refractivity contribution is 9.10. The maximum atomic E-state index is 13.8. The molecule has 0 fully saturated rings. The third kappa shape index (κ3) is 6.57. The van der Waals surface area contributed by atoms with Crippen LogP contribution in [0.25, 0.3) is 10.9 Å². The fraction of sp³-hybridized carbons (Fsp3) is 0.179. The second-order valence-electron chi connectivity index (χ2n) is 8.71. The van der Waals surface area contributed by atoms with Gasteiger partial charge in [0.2, 0.25) is 5.91 Å². The highest BCUT2D eigenvalue weighted by Gasteiger charge is 2.32. The van der Waals surface area contributed by atoms with Crippen LogP contribution in [0.15, 0.2) is 83.5 Å². The summed E-state index contributed by atoms with van der Waals surface area (Å²) in [6.07, 6.45) is 2.44. The van der Waals surface area contributed by atoms with Crippen molar-refractivity contribution in [3.8, 4) is 0 Å². The van der Waals surface area contributed by atoms with E-state index in [2.05, 4.69) is 31.5 Å². The van der Waals surface area contributed by atoms with Gasteiger partial charge in [-0.1, -0.05) is 52.3 Å². The van der Waals surface area contributed by atoms with Crippen LogP contribution in [-0.2, 0) is 16.0 Å². The Labute approximate surface area is 228 Å². The van der Waals surface area contributed by atoms with Gasteiger partial charge >= 0.3 is 0 Å². The van der Waals surface area contributed by atoms with Crippen LogP contribution >= 0.6 is 15.9 Å². The van der Waals surface area contributed by atoms with Gasteiger partial charge in [0.05, 0.1) is 0 Å². The Kier molecular flexibility index (Phi) is 8.75. The molecule has 2 amide bonds. The summed E-state index contributed by atoms with van der Waals surface area (Å²) in [7, 11) is 0. The van der Waals surface area contributed by atoms with Gasteiger partial charge in [-0.25, -0.2) is 4.39 Å². The number of H-pyrrole nitrogens is 1. The van der Waals surface area contributed by atoms with Crippen molar-refractivity contribution >= 4 is 50.3 Å². The van der Waals surface area contributed by atoms with E-state index in [4.69, 9.17) is 11.1 Å². The average molecular weight is 579 g/mol. The highest BCUT2D eigenvalue weighted by Crippen LogP contribution is 2.31. The summed E-state index contributed by atoms with van der Waals surface area (Å²) in [5, 5.41) is 13.9. The smallest absolute Gasteiger partial charge is 0.251 e. The van der Waals surface area contributed by atoms with Gasteiger partial charge in [0.15, 0.2) is 5.96 Å². The van der Waals surface area contributed by atoms with Crippen LogP contribution in [0.1, 0.15) is 23.6 Å². The molecule has 6 N–H and O–H groups in total. The number of rotatable bonds is 10. The zero-order valence-electron chi connectivity index (χ0n) is 20.5. The van der Waals surface area contributed by atoms with E-state index in [1.54, 1.807) is 17.0 Å². The molecule has 1 aromatic heterocycles. The van der Waals surface area contributed by atoms with Gasteiger partial charge in [-0.05, 0) is 53.9 Å². The van der Waals surface area contributed by atoms with Crippen LogP contribution in [0.4, 0.5) is 10.1 Å². The van der Waals surface area contributed by atoms with Crippen molar-refractivity contribution in [3.05, 3.63) is 100 Å². The SMILES string of the molecule is N=C(N)NCCC(=O)N(CCc1c[nH]c2ccccc12)C(C(=O)Nc1ccc(F)cc1)c1ccccc1Br. The largest absolute Gasteiger partial charge is 0.370 e. The molecule has 0 bridgehead atoms. The summed E-state index contributed by atoms with van der Waals surface area (Å²) in [5.74, 6) is -1.37. The summed E-state index contributed by atoms with van der Waals surface area (Å²) in [6, 6.07) is 19.6. The predicted molar refractivity (Wildman–Crippen MR) is 150 cm³/mol. The Bertz CT molecular complexity index is 1440. The number of aromatic nitrogens is 1. The fourth-order valence-electron chi connectivity index (χ4n) is 4.32. The number of nitrogens with zero attached hydrogens (tertiary/aromatic N) is 1. The number of nitrogens with two attached hydrogens (primary N) is 1. The zero-order chi connectivity index (χ0) is 27.1. The molecular formula is C28H28BrFN6O2. The molecule has 0 spiro atoms. The summed E-state index contributed by atoms with van der Waals surface area (Å²) in [5.41, 5.74) is 8.42. The Morgan fingerprint density at radius 2 is 1.76 bits per heavy atom. The van der Waals surface area contributed by atoms with Gasteiger partial charge in [0.25, 0.3) is 5.91 Å². The van der Waals surface area contributed by atoms with Crippen molar-refractivity contribution < 1.29 is 14.0 Å². The number of hydrogen-bond acceptors (Lipinski definition) is 3. The Morgan fingerprint density at radius 1 is 1.05 bits per heavy atom. The number of guanidine groups is 1. The van der Waals surface area contributed by atoms with Gasteiger partial charge in [-0.3, -0.25) is 15.0 Å². The summed E-state index contributed by atoms with van der Waals surface area (Å²) in [4.78, 5) is 32.1. The normalized spacial score (nSPS) is 11.6. The zero-order valence-corrected chi connectivity index (χ0v) is 22.1. The molecule has 8 nitrogen and oxygen atoms in total. The minimum absolute atomic E-state index is 0.0260. The number of amides is 2. The van der Waals surface area contributed by atoms with Gasteiger partial charge in [-0.15, -0.1) is 0 Å². The number of benzene rings is 3. The molecule has 1 atom stereocenters. The number of aromatic amines is 1. The third-order valence-corrected chi connectivity index (χ3v) is 6.87. The predicted octanol–water partition coefficient (Wildman–Crippen LogP) is 4.69. The molecule has 3 aromatic carbocycles. The second kappa shape index (κ2) is 12.4. The molecular weight excluding hydrogens is 551 g/mol. The molecule has 0 saturated carbocycles. The standard InChI is InChI=1S/C28H28BrFN6O2/c29-23-7-3-1-6-22(23)26(27(38)35-20-11-9-19(30)10-12-20)36(25(37)13-15-33-28(31)32)16-14-18-17-34-24-8-4-2-5-21(18)24/h1-12,17,26,34H,13-16H2,(H,35,38)(H4,31,32,33). The lowest BCUT2D eigenvalue weighted by atomic mass is 10.0. The van der Waals surface area contributed by atoms with Crippen molar-refractivity contribution in [1.29, 1.82) is 5.41 Å². The fourth-order valence-corrected chi connectivity index (χ4v) is 4.82. The maximum absolute atomic E-state index is 13.8. The van der Waals surface area contributed by atoms with E-state index in [-0.39, 0.29) is 31.4 Å². The number of fused-ring (bicyclic) bond motifs is 1. The number of nitrogens with one attached hydrogen (secondary N) is 4. The van der Waals surface area contributed by atoms with E-state index in [1.807, 2.05) is 42.6 Å². The molecule has 0 radical (unpaired) electrons. The molecule has 0 aliphatic rings. The molecule has 10 heteroatoms. The lowest BCUT2D eigenvalue weighted by Gasteiger charge is -2.32. The van der Waals surface area contributed by atoms with E-state index in [9.17, 15) is 14.0 Å². The second-order valence-corrected chi connectivity index (χ2v) is 9.56. The summed E-state index contributed by atoms with van der Waals surface area (Å²) >= 11 is 3.54. The first-order chi connectivity index (χ1) is 18.3. The summed E-state index contributed by atoms with van der Waals surface area (Å²) < 4.78 is 14.1. The molecule has 0 saturated heterocycles. The van der Waals surface area contributed by atoms with Crippen LogP contribution in [0.3, 0.4) is 0 Å². The minimum Gasteiger partial charge on any atom is -0.370 e. The van der Waals surface area contributed by atoms with Crippen molar-refractivity contribution in [3.63, 3.8) is 0 Å². The molecule has 4 rings (SSSR count). The van der Waals surface area contributed by atoms with Crippen LogP contribution in [0, 0.1) is 11.2 Å².